The van der Waals surface area contributed by atoms with Crippen molar-refractivity contribution in [2.75, 3.05) is 11.9 Å². The molecule has 1 amide bonds. The van der Waals surface area contributed by atoms with Gasteiger partial charge < -0.3 is 10.4 Å². The summed E-state index contributed by atoms with van der Waals surface area (Å²) in [6, 6.07) is 3.68. The van der Waals surface area contributed by atoms with Crippen molar-refractivity contribution < 1.29 is 14.7 Å². The Bertz CT molecular complexity index is 518. The van der Waals surface area contributed by atoms with E-state index in [1.165, 1.54) is 13.8 Å². The van der Waals surface area contributed by atoms with Gasteiger partial charge in [0.25, 0.3) is 0 Å². The second-order valence-corrected chi connectivity index (χ2v) is 5.68. The van der Waals surface area contributed by atoms with Crippen LogP contribution in [-0.4, -0.2) is 29.1 Å². The fourth-order valence-corrected chi connectivity index (χ4v) is 2.00. The number of carbonyl (C=O) groups excluding carboxylic acids is 1. The third kappa shape index (κ3) is 4.21. The molecule has 0 atom stereocenters. The molecular weight excluding hydrogens is 280 g/mol. The number of amides is 1. The molecule has 0 fully saturated rings. The third-order valence-electron chi connectivity index (χ3n) is 2.92. The first-order valence-electron chi connectivity index (χ1n) is 6.18. The van der Waals surface area contributed by atoms with E-state index in [4.69, 9.17) is 16.7 Å². The molecular formula is C14H19ClN2O3. The lowest BCUT2D eigenvalue weighted by atomic mass is 10.1. The average molecular weight is 299 g/mol. The van der Waals surface area contributed by atoms with Crippen LogP contribution >= 0.6 is 11.6 Å². The fraction of sp³-hybridized carbons (Fsp3) is 0.429. The lowest BCUT2D eigenvalue weighted by Crippen LogP contribution is -2.49. The summed E-state index contributed by atoms with van der Waals surface area (Å²) < 4.78 is 0. The van der Waals surface area contributed by atoms with Crippen molar-refractivity contribution >= 4 is 29.2 Å². The number of carbonyl (C=O) groups is 2. The van der Waals surface area contributed by atoms with Gasteiger partial charge in [-0.15, -0.1) is 0 Å². The summed E-state index contributed by atoms with van der Waals surface area (Å²) in [4.78, 5) is 22.8. The first-order chi connectivity index (χ1) is 9.13. The van der Waals surface area contributed by atoms with E-state index in [2.05, 4.69) is 10.6 Å². The molecule has 0 saturated heterocycles. The van der Waals surface area contributed by atoms with Crippen LogP contribution in [0.3, 0.4) is 0 Å². The van der Waals surface area contributed by atoms with Crippen molar-refractivity contribution in [3.63, 3.8) is 0 Å². The van der Waals surface area contributed by atoms with Crippen LogP contribution in [0.5, 0.6) is 0 Å². The number of carboxylic acid groups (broad SMARTS) is 1. The maximum Gasteiger partial charge on any atom is 0.323 e. The zero-order valence-electron chi connectivity index (χ0n) is 12.0. The van der Waals surface area contributed by atoms with Gasteiger partial charge in [-0.25, -0.2) is 0 Å². The van der Waals surface area contributed by atoms with Crippen molar-refractivity contribution in [3.8, 4) is 0 Å². The van der Waals surface area contributed by atoms with E-state index in [0.717, 1.165) is 11.1 Å². The monoisotopic (exact) mass is 298 g/mol. The average Bonchev–Trinajstić information content (AvgIpc) is 2.31. The van der Waals surface area contributed by atoms with Crippen LogP contribution in [0.1, 0.15) is 25.0 Å². The van der Waals surface area contributed by atoms with Gasteiger partial charge in [0.15, 0.2) is 0 Å². The number of hydrogen-bond donors (Lipinski definition) is 3. The minimum Gasteiger partial charge on any atom is -0.480 e. The van der Waals surface area contributed by atoms with Gasteiger partial charge in [-0.2, -0.15) is 0 Å². The topological polar surface area (TPSA) is 78.4 Å². The number of nitrogens with one attached hydrogen (secondary N) is 2. The molecule has 0 aliphatic heterocycles. The molecule has 5 nitrogen and oxygen atoms in total. The first kappa shape index (κ1) is 16.5. The molecule has 6 heteroatoms. The van der Waals surface area contributed by atoms with Gasteiger partial charge >= 0.3 is 5.97 Å². The minimum atomic E-state index is -1.16. The molecule has 0 aliphatic carbocycles. The molecule has 0 spiro atoms. The van der Waals surface area contributed by atoms with E-state index < -0.39 is 11.5 Å². The molecule has 0 aromatic heterocycles. The van der Waals surface area contributed by atoms with Crippen LogP contribution in [0.2, 0.25) is 5.02 Å². The van der Waals surface area contributed by atoms with Crippen molar-refractivity contribution in [2.45, 2.75) is 33.2 Å². The summed E-state index contributed by atoms with van der Waals surface area (Å²) in [5.41, 5.74) is 1.26. The van der Waals surface area contributed by atoms with Crippen LogP contribution in [0.15, 0.2) is 12.1 Å². The summed E-state index contributed by atoms with van der Waals surface area (Å²) >= 11 is 6.09. The summed E-state index contributed by atoms with van der Waals surface area (Å²) in [6.07, 6.45) is 0. The predicted molar refractivity (Wildman–Crippen MR) is 79.3 cm³/mol. The number of carboxylic acids is 1. The van der Waals surface area contributed by atoms with Gasteiger partial charge in [-0.05, 0) is 44.9 Å². The molecule has 0 heterocycles. The van der Waals surface area contributed by atoms with Crippen LogP contribution in [0, 0.1) is 13.8 Å². The highest BCUT2D eigenvalue weighted by molar-refractivity contribution is 6.34. The van der Waals surface area contributed by atoms with Crippen molar-refractivity contribution in [1.82, 2.24) is 5.32 Å². The Hall–Kier alpha value is -1.59. The highest BCUT2D eigenvalue weighted by Gasteiger charge is 2.27. The molecule has 1 aromatic carbocycles. The molecule has 1 aromatic rings. The highest BCUT2D eigenvalue weighted by Crippen LogP contribution is 2.27. The van der Waals surface area contributed by atoms with E-state index in [1.54, 1.807) is 6.07 Å². The molecule has 110 valence electrons. The normalized spacial score (nSPS) is 11.2. The fourth-order valence-electron chi connectivity index (χ4n) is 1.63. The second-order valence-electron chi connectivity index (χ2n) is 5.27. The summed E-state index contributed by atoms with van der Waals surface area (Å²) in [5, 5.41) is 14.8. The zero-order chi connectivity index (χ0) is 15.5. The quantitative estimate of drug-likeness (QED) is 0.780. The molecule has 0 bridgehead atoms. The Morgan fingerprint density at radius 1 is 1.30 bits per heavy atom. The molecule has 20 heavy (non-hydrogen) atoms. The Kier molecular flexibility index (Phi) is 5.14. The Morgan fingerprint density at radius 2 is 1.90 bits per heavy atom. The standard InChI is InChI=1S/C14H19ClN2O3/c1-8-5-9(2)12(10(15)6-8)17-11(18)7-16-14(3,4)13(19)20/h5-6,16H,7H2,1-4H3,(H,17,18)(H,19,20). The third-order valence-corrected chi connectivity index (χ3v) is 3.22. The van der Waals surface area contributed by atoms with Crippen molar-refractivity contribution in [3.05, 3.63) is 28.3 Å². The van der Waals surface area contributed by atoms with Crippen LogP contribution in [0.25, 0.3) is 0 Å². The van der Waals surface area contributed by atoms with Gasteiger partial charge in [0.2, 0.25) is 5.91 Å². The molecule has 0 saturated carbocycles. The summed E-state index contributed by atoms with van der Waals surface area (Å²) in [7, 11) is 0. The van der Waals surface area contributed by atoms with Crippen molar-refractivity contribution in [2.24, 2.45) is 0 Å². The molecule has 0 radical (unpaired) electrons. The van der Waals surface area contributed by atoms with Crippen LogP contribution in [0.4, 0.5) is 5.69 Å². The number of benzene rings is 1. The highest BCUT2D eigenvalue weighted by atomic mass is 35.5. The maximum absolute atomic E-state index is 11.8. The van der Waals surface area contributed by atoms with E-state index in [9.17, 15) is 9.59 Å². The predicted octanol–water partition coefficient (Wildman–Crippen LogP) is 2.35. The number of anilines is 1. The molecule has 0 unspecified atom stereocenters. The van der Waals surface area contributed by atoms with Gasteiger partial charge in [0.05, 0.1) is 17.3 Å². The van der Waals surface area contributed by atoms with Crippen LogP contribution in [-0.2, 0) is 9.59 Å². The number of aryl methyl sites for hydroxylation is 2. The lowest BCUT2D eigenvalue weighted by Gasteiger charge is -2.21. The van der Waals surface area contributed by atoms with Crippen molar-refractivity contribution in [1.29, 1.82) is 0 Å². The van der Waals surface area contributed by atoms with E-state index in [-0.39, 0.29) is 12.5 Å². The lowest BCUT2D eigenvalue weighted by molar-refractivity contribution is -0.143. The number of aliphatic carboxylic acids is 1. The van der Waals surface area contributed by atoms with Crippen LogP contribution < -0.4 is 10.6 Å². The summed E-state index contributed by atoms with van der Waals surface area (Å²) in [5.74, 6) is -1.36. The molecule has 1 rings (SSSR count). The van der Waals surface area contributed by atoms with E-state index in [1.807, 2.05) is 19.9 Å². The largest absolute Gasteiger partial charge is 0.480 e. The zero-order valence-corrected chi connectivity index (χ0v) is 12.8. The number of halogens is 1. The Labute approximate surface area is 123 Å². The first-order valence-corrected chi connectivity index (χ1v) is 6.56. The Balaban J connectivity index is 2.71. The Morgan fingerprint density at radius 3 is 2.40 bits per heavy atom. The summed E-state index contributed by atoms with van der Waals surface area (Å²) in [6.45, 7) is 6.65. The SMILES string of the molecule is Cc1cc(C)c(NC(=O)CNC(C)(C)C(=O)O)c(Cl)c1. The maximum atomic E-state index is 11.8. The van der Waals surface area contributed by atoms with Gasteiger partial charge in [0.1, 0.15) is 5.54 Å². The number of rotatable bonds is 5. The second kappa shape index (κ2) is 6.24. The van der Waals surface area contributed by atoms with E-state index in [0.29, 0.717) is 10.7 Å². The molecule has 0 aliphatic rings. The molecule has 3 N–H and O–H groups in total. The smallest absolute Gasteiger partial charge is 0.323 e. The van der Waals surface area contributed by atoms with E-state index >= 15 is 0 Å². The minimum absolute atomic E-state index is 0.108. The van der Waals surface area contributed by atoms with Gasteiger partial charge in [-0.1, -0.05) is 17.7 Å². The van der Waals surface area contributed by atoms with Gasteiger partial charge in [-0.3, -0.25) is 14.9 Å². The van der Waals surface area contributed by atoms with Gasteiger partial charge in [0, 0.05) is 0 Å². The number of hydrogen-bond acceptors (Lipinski definition) is 3.